The molecule has 0 saturated heterocycles. The Morgan fingerprint density at radius 1 is 0.142 bits per heavy atom. The summed E-state index contributed by atoms with van der Waals surface area (Å²) in [6.45, 7) is 12.7. The lowest BCUT2D eigenvalue weighted by Gasteiger charge is -2.27. The van der Waals surface area contributed by atoms with E-state index in [2.05, 4.69) is 570 Å². The van der Waals surface area contributed by atoms with Crippen molar-refractivity contribution >= 4 is 171 Å². The number of anilines is 15. The lowest BCUT2D eigenvalue weighted by Crippen LogP contribution is -2.11. The zero-order valence-corrected chi connectivity index (χ0v) is 76.4. The van der Waals surface area contributed by atoms with Crippen molar-refractivity contribution in [3.8, 4) is 0 Å². The Kier molecular flexibility index (Phi) is 27.5. The Balaban J connectivity index is 0.000000109. The molecule has 0 amide bonds. The standard InChI is InChI=1S/3C27H21N.2C17H15N.C13H13N/c1-20-8-2-7-13-27(20)28(25-16-14-21-9-3-5-11-23(21)18-25)26-17-15-22-10-4-6-12-24(22)19-26;1-20-7-6-12-25(17-20)28(26-15-13-21-8-2-4-10-23(21)18-26)27-16-14-22-9-3-5-11-24(22)19-27;1-20-10-14-25(15-11-20)28(26-16-12-21-6-2-4-8-23(21)18-26)27-17-13-22-7-3-5-9-24(22)19-27;1-13-9-11-15(12-10-13)18-17-8-4-6-14-5-2-3-7-16(14)17;1-13-6-9-16(10-7-13)18-17-11-8-14-4-2-3-5-15(14)12-17;1-11-7-9-13(10-8-11)14-12-5-3-2-4-6-12/h3*2-19H,1H3;2*2-12,18H,1H3;2-10,14H,1H3. The fraction of sp³-hybridized carbons (Fsp3) is 0.0469. The number of benzene rings is 23. The molecule has 648 valence electrons. The van der Waals surface area contributed by atoms with E-state index >= 15 is 0 Å². The molecule has 23 aromatic carbocycles. The van der Waals surface area contributed by atoms with Crippen LogP contribution in [0.15, 0.2) is 516 Å². The molecule has 0 aliphatic carbocycles. The first-order chi connectivity index (χ1) is 65.8. The molecule has 0 saturated carbocycles. The molecule has 0 spiro atoms. The van der Waals surface area contributed by atoms with E-state index in [1.165, 1.54) is 154 Å². The molecule has 0 atom stereocenters. The Labute approximate surface area is 787 Å². The van der Waals surface area contributed by atoms with Gasteiger partial charge in [0.05, 0.1) is 0 Å². The maximum Gasteiger partial charge on any atom is 0.0490 e. The number of hydrogen-bond donors (Lipinski definition) is 3. The van der Waals surface area contributed by atoms with Gasteiger partial charge in [-0.05, 0) is 303 Å². The van der Waals surface area contributed by atoms with Gasteiger partial charge in [0.25, 0.3) is 0 Å². The Hall–Kier alpha value is -17.1. The van der Waals surface area contributed by atoms with Crippen LogP contribution in [0.5, 0.6) is 0 Å². The SMILES string of the molecule is Cc1ccc(N(c2ccc3ccccc3c2)c2ccc3ccccc3c2)cc1.Cc1ccc(Nc2ccc3ccccc3c2)cc1.Cc1ccc(Nc2cccc3ccccc23)cc1.Cc1ccc(Nc2ccccc2)cc1.Cc1cccc(N(c2ccc3ccccc3c2)c2ccc3ccccc3c2)c1.Cc1ccccc1N(c1ccc2ccccc2c1)c1ccc2ccccc2c1. The summed E-state index contributed by atoms with van der Waals surface area (Å²) in [5.74, 6) is 0. The first kappa shape index (κ1) is 87.6. The van der Waals surface area contributed by atoms with E-state index in [-0.39, 0.29) is 0 Å². The average molecular weight is 1730 g/mol. The molecule has 0 radical (unpaired) electrons. The fourth-order valence-electron chi connectivity index (χ4n) is 17.0. The lowest BCUT2D eigenvalue weighted by molar-refractivity contribution is 1.26. The fourth-order valence-corrected chi connectivity index (χ4v) is 17.0. The molecular formula is C128H106N6. The number of nitrogens with zero attached hydrogens (tertiary/aromatic N) is 3. The predicted octanol–water partition coefficient (Wildman–Crippen LogP) is 36.8. The molecule has 3 N–H and O–H groups in total. The zero-order chi connectivity index (χ0) is 91.3. The highest BCUT2D eigenvalue weighted by molar-refractivity contribution is 5.99. The van der Waals surface area contributed by atoms with E-state index in [9.17, 15) is 0 Å². The van der Waals surface area contributed by atoms with Crippen LogP contribution in [0.1, 0.15) is 33.4 Å². The normalized spacial score (nSPS) is 10.8. The van der Waals surface area contributed by atoms with Gasteiger partial charge in [-0.1, -0.05) is 368 Å². The number of hydrogen-bond acceptors (Lipinski definition) is 6. The molecule has 0 fully saturated rings. The molecule has 6 heteroatoms. The minimum Gasteiger partial charge on any atom is -0.356 e. The van der Waals surface area contributed by atoms with Gasteiger partial charge in [-0.15, -0.1) is 0 Å². The number of rotatable bonds is 15. The van der Waals surface area contributed by atoms with E-state index in [1.54, 1.807) is 0 Å². The second-order valence-corrected chi connectivity index (χ2v) is 34.1. The van der Waals surface area contributed by atoms with E-state index < -0.39 is 0 Å². The highest BCUT2D eigenvalue weighted by Gasteiger charge is 2.19. The van der Waals surface area contributed by atoms with Gasteiger partial charge in [-0.3, -0.25) is 0 Å². The van der Waals surface area contributed by atoms with Crippen molar-refractivity contribution < 1.29 is 0 Å². The van der Waals surface area contributed by atoms with E-state index in [1.807, 2.05) is 18.2 Å². The zero-order valence-electron chi connectivity index (χ0n) is 76.4. The molecule has 0 aliphatic heterocycles. The van der Waals surface area contributed by atoms with Crippen LogP contribution in [0.3, 0.4) is 0 Å². The first-order valence-electron chi connectivity index (χ1n) is 45.9. The number of fused-ring (bicyclic) bond motifs is 8. The van der Waals surface area contributed by atoms with Crippen molar-refractivity contribution in [3.63, 3.8) is 0 Å². The van der Waals surface area contributed by atoms with E-state index in [0.29, 0.717) is 0 Å². The van der Waals surface area contributed by atoms with E-state index in [0.717, 1.165) is 51.2 Å². The maximum absolute atomic E-state index is 3.47. The number of nitrogens with one attached hydrogen (secondary N) is 3. The minimum atomic E-state index is 1.12. The van der Waals surface area contributed by atoms with Gasteiger partial charge in [0.15, 0.2) is 0 Å². The van der Waals surface area contributed by atoms with Crippen molar-refractivity contribution in [1.82, 2.24) is 0 Å². The van der Waals surface area contributed by atoms with Gasteiger partial charge in [0, 0.05) is 90.7 Å². The molecule has 0 bridgehead atoms. The molecule has 6 nitrogen and oxygen atoms in total. The molecule has 0 aromatic heterocycles. The highest BCUT2D eigenvalue weighted by Crippen LogP contribution is 2.43. The van der Waals surface area contributed by atoms with Gasteiger partial charge in [-0.25, -0.2) is 0 Å². The van der Waals surface area contributed by atoms with Crippen molar-refractivity contribution in [3.05, 3.63) is 549 Å². The van der Waals surface area contributed by atoms with Crippen LogP contribution in [0.4, 0.5) is 85.3 Å². The second-order valence-electron chi connectivity index (χ2n) is 34.1. The van der Waals surface area contributed by atoms with Gasteiger partial charge in [-0.2, -0.15) is 0 Å². The van der Waals surface area contributed by atoms with Crippen LogP contribution in [0.25, 0.3) is 86.2 Å². The van der Waals surface area contributed by atoms with Crippen molar-refractivity contribution in [2.45, 2.75) is 41.5 Å². The maximum atomic E-state index is 3.47. The van der Waals surface area contributed by atoms with Crippen LogP contribution in [0.2, 0.25) is 0 Å². The second kappa shape index (κ2) is 42.0. The molecule has 0 unspecified atom stereocenters. The van der Waals surface area contributed by atoms with Gasteiger partial charge >= 0.3 is 0 Å². The summed E-state index contributed by atoms with van der Waals surface area (Å²) >= 11 is 0. The third kappa shape index (κ3) is 21.9. The third-order valence-corrected chi connectivity index (χ3v) is 24.2. The van der Waals surface area contributed by atoms with Crippen LogP contribution in [-0.2, 0) is 0 Å². The summed E-state index contributed by atoms with van der Waals surface area (Å²) < 4.78 is 0. The minimum absolute atomic E-state index is 1.12. The molecule has 0 heterocycles. The van der Waals surface area contributed by atoms with Gasteiger partial charge in [0.1, 0.15) is 0 Å². The smallest absolute Gasteiger partial charge is 0.0490 e. The molecular weight excluding hydrogens is 1620 g/mol. The lowest BCUT2D eigenvalue weighted by atomic mass is 10.1. The Bertz CT molecular complexity index is 7680. The van der Waals surface area contributed by atoms with Gasteiger partial charge in [0.2, 0.25) is 0 Å². The third-order valence-electron chi connectivity index (χ3n) is 24.2. The Morgan fingerprint density at radius 3 is 0.791 bits per heavy atom. The quantitative estimate of drug-likeness (QED) is 0.0951. The van der Waals surface area contributed by atoms with Crippen LogP contribution >= 0.6 is 0 Å². The number of aryl methyl sites for hydroxylation is 6. The largest absolute Gasteiger partial charge is 0.356 e. The molecule has 0 aliphatic rings. The van der Waals surface area contributed by atoms with Crippen LogP contribution in [0, 0.1) is 41.5 Å². The average Bonchev–Trinajstić information content (AvgIpc) is 0.781. The summed E-state index contributed by atoms with van der Waals surface area (Å²) in [5.41, 5.74) is 24.9. The summed E-state index contributed by atoms with van der Waals surface area (Å²) in [6.07, 6.45) is 0. The highest BCUT2D eigenvalue weighted by atomic mass is 15.2. The number of para-hydroxylation sites is 2. The molecule has 23 aromatic rings. The van der Waals surface area contributed by atoms with Gasteiger partial charge < -0.3 is 30.7 Å². The van der Waals surface area contributed by atoms with E-state index in [4.69, 9.17) is 0 Å². The summed E-state index contributed by atoms with van der Waals surface area (Å²) in [4.78, 5) is 7.03. The monoisotopic (exact) mass is 1730 g/mol. The summed E-state index contributed by atoms with van der Waals surface area (Å²) in [6, 6.07) is 182. The van der Waals surface area contributed by atoms with Crippen LogP contribution < -0.4 is 30.7 Å². The molecule has 23 rings (SSSR count). The Morgan fingerprint density at radius 2 is 0.403 bits per heavy atom. The summed E-state index contributed by atoms with van der Waals surface area (Å²) in [7, 11) is 0. The predicted molar refractivity (Wildman–Crippen MR) is 580 cm³/mol. The molecule has 134 heavy (non-hydrogen) atoms. The summed E-state index contributed by atoms with van der Waals surface area (Å²) in [5, 5.41) is 30.3. The first-order valence-corrected chi connectivity index (χ1v) is 45.9. The van der Waals surface area contributed by atoms with Crippen molar-refractivity contribution in [2.24, 2.45) is 0 Å². The topological polar surface area (TPSA) is 45.8 Å². The van der Waals surface area contributed by atoms with Crippen LogP contribution in [-0.4, -0.2) is 0 Å². The van der Waals surface area contributed by atoms with Crippen molar-refractivity contribution in [1.29, 1.82) is 0 Å². The van der Waals surface area contributed by atoms with Crippen molar-refractivity contribution in [2.75, 3.05) is 30.7 Å².